The first-order chi connectivity index (χ1) is 8.21. The van der Waals surface area contributed by atoms with E-state index in [0.717, 1.165) is 19.4 Å². The van der Waals surface area contributed by atoms with Crippen molar-refractivity contribution < 1.29 is 14.7 Å². The predicted octanol–water partition coefficient (Wildman–Crippen LogP) is 0.990. The van der Waals surface area contributed by atoms with Crippen molar-refractivity contribution in [2.75, 3.05) is 6.54 Å². The summed E-state index contributed by atoms with van der Waals surface area (Å²) in [7, 11) is 0. The number of carbonyl (C=O) groups is 2. The van der Waals surface area contributed by atoms with Gasteiger partial charge in [0.1, 0.15) is 6.04 Å². The maximum absolute atomic E-state index is 12.1. The van der Waals surface area contributed by atoms with Gasteiger partial charge in [-0.05, 0) is 31.7 Å². The van der Waals surface area contributed by atoms with E-state index in [-0.39, 0.29) is 11.8 Å². The molecule has 0 aromatic rings. The summed E-state index contributed by atoms with van der Waals surface area (Å²) in [5.74, 6) is -1.19. The first-order valence-electron chi connectivity index (χ1n) is 6.48. The molecule has 3 atom stereocenters. The molecule has 3 N–H and O–H groups in total. The number of piperidine rings is 1. The van der Waals surface area contributed by atoms with Crippen molar-refractivity contribution in [1.82, 2.24) is 10.6 Å². The van der Waals surface area contributed by atoms with Crippen molar-refractivity contribution in [3.8, 4) is 0 Å². The molecule has 0 radical (unpaired) electrons. The molecule has 1 aliphatic heterocycles. The highest BCUT2D eigenvalue weighted by molar-refractivity contribution is 5.85. The average Bonchev–Trinajstić information content (AvgIpc) is 2.23. The zero-order chi connectivity index (χ0) is 13.9. The van der Waals surface area contributed by atoms with Crippen molar-refractivity contribution in [1.29, 1.82) is 0 Å². The molecule has 0 aromatic carbocycles. The van der Waals surface area contributed by atoms with E-state index in [2.05, 4.69) is 10.6 Å². The van der Waals surface area contributed by atoms with Crippen LogP contribution >= 0.6 is 0 Å². The van der Waals surface area contributed by atoms with Crippen molar-refractivity contribution >= 4 is 11.9 Å². The first-order valence-corrected chi connectivity index (χ1v) is 6.48. The minimum absolute atomic E-state index is 0.0783. The molecule has 1 saturated heterocycles. The van der Waals surface area contributed by atoms with Crippen molar-refractivity contribution in [2.24, 2.45) is 11.3 Å². The van der Waals surface area contributed by atoms with Gasteiger partial charge in [0, 0.05) is 12.0 Å². The van der Waals surface area contributed by atoms with Gasteiger partial charge >= 0.3 is 5.97 Å². The summed E-state index contributed by atoms with van der Waals surface area (Å²) in [5, 5.41) is 15.1. The number of hydrogen-bond acceptors (Lipinski definition) is 3. The largest absolute Gasteiger partial charge is 0.480 e. The third kappa shape index (κ3) is 3.98. The molecular formula is C13H24N2O3. The molecule has 0 aliphatic carbocycles. The molecule has 18 heavy (non-hydrogen) atoms. The van der Waals surface area contributed by atoms with Crippen LogP contribution in [-0.2, 0) is 9.59 Å². The molecule has 1 heterocycles. The molecule has 1 fully saturated rings. The third-order valence-corrected chi connectivity index (χ3v) is 3.39. The highest BCUT2D eigenvalue weighted by Gasteiger charge is 2.35. The van der Waals surface area contributed by atoms with E-state index in [1.807, 2.05) is 27.7 Å². The number of carbonyl (C=O) groups excluding carboxylic acids is 1. The molecule has 1 amide bonds. The van der Waals surface area contributed by atoms with E-state index in [1.54, 1.807) is 0 Å². The molecule has 0 bridgehead atoms. The molecule has 5 nitrogen and oxygen atoms in total. The fourth-order valence-electron chi connectivity index (χ4n) is 2.28. The fourth-order valence-corrected chi connectivity index (χ4v) is 2.28. The summed E-state index contributed by atoms with van der Waals surface area (Å²) in [6.45, 7) is 8.30. The Morgan fingerprint density at radius 3 is 2.44 bits per heavy atom. The van der Waals surface area contributed by atoms with Gasteiger partial charge in [0.2, 0.25) is 5.91 Å². The van der Waals surface area contributed by atoms with Gasteiger partial charge in [-0.2, -0.15) is 0 Å². The Kier molecular flexibility index (Phi) is 4.73. The van der Waals surface area contributed by atoms with Gasteiger partial charge in [-0.1, -0.05) is 20.8 Å². The van der Waals surface area contributed by atoms with Gasteiger partial charge in [0.25, 0.3) is 0 Å². The summed E-state index contributed by atoms with van der Waals surface area (Å²) in [6.07, 6.45) is 1.54. The van der Waals surface area contributed by atoms with E-state index in [9.17, 15) is 14.7 Å². The summed E-state index contributed by atoms with van der Waals surface area (Å²) in [5.41, 5.74) is -0.486. The van der Waals surface area contributed by atoms with Crippen LogP contribution < -0.4 is 10.6 Å². The Bertz CT molecular complexity index is 323. The number of carboxylic acid groups (broad SMARTS) is 1. The van der Waals surface area contributed by atoms with Gasteiger partial charge in [-0.3, -0.25) is 4.79 Å². The Morgan fingerprint density at radius 1 is 1.39 bits per heavy atom. The zero-order valence-electron chi connectivity index (χ0n) is 11.6. The maximum Gasteiger partial charge on any atom is 0.326 e. The standard InChI is InChI=1S/C13H24N2O3/c1-8-7-9(5-6-14-8)11(16)15-10(12(17)18)13(2,3)4/h8-10,14H,5-7H2,1-4H3,(H,15,16)(H,17,18). The van der Waals surface area contributed by atoms with Crippen LogP contribution in [0.2, 0.25) is 0 Å². The number of hydrogen-bond donors (Lipinski definition) is 3. The Morgan fingerprint density at radius 2 is 2.00 bits per heavy atom. The lowest BCUT2D eigenvalue weighted by Gasteiger charge is -2.32. The molecule has 0 aromatic heterocycles. The highest BCUT2D eigenvalue weighted by atomic mass is 16.4. The Labute approximate surface area is 108 Å². The van der Waals surface area contributed by atoms with Gasteiger partial charge in [-0.15, -0.1) is 0 Å². The van der Waals surface area contributed by atoms with E-state index in [0.29, 0.717) is 6.04 Å². The van der Waals surface area contributed by atoms with Crippen molar-refractivity contribution in [3.63, 3.8) is 0 Å². The zero-order valence-corrected chi connectivity index (χ0v) is 11.6. The summed E-state index contributed by atoms with van der Waals surface area (Å²) in [4.78, 5) is 23.3. The number of rotatable bonds is 3. The lowest BCUT2D eigenvalue weighted by Crippen LogP contribution is -2.52. The molecule has 1 rings (SSSR count). The summed E-state index contributed by atoms with van der Waals surface area (Å²) >= 11 is 0. The SMILES string of the molecule is CC1CC(C(=O)NC(C(=O)O)C(C)(C)C)CCN1. The number of carboxylic acids is 1. The van der Waals surface area contributed by atoms with Crippen LogP contribution in [-0.4, -0.2) is 35.6 Å². The van der Waals surface area contributed by atoms with Crippen LogP contribution in [0.3, 0.4) is 0 Å². The molecule has 0 saturated carbocycles. The van der Waals surface area contributed by atoms with Gasteiger partial charge in [-0.25, -0.2) is 4.79 Å². The van der Waals surface area contributed by atoms with Crippen LogP contribution in [0.25, 0.3) is 0 Å². The fraction of sp³-hybridized carbons (Fsp3) is 0.846. The molecule has 0 spiro atoms. The van der Waals surface area contributed by atoms with Crippen LogP contribution in [0.5, 0.6) is 0 Å². The van der Waals surface area contributed by atoms with E-state index >= 15 is 0 Å². The molecule has 1 aliphatic rings. The smallest absolute Gasteiger partial charge is 0.326 e. The normalized spacial score (nSPS) is 26.4. The topological polar surface area (TPSA) is 78.4 Å². The second-order valence-electron chi connectivity index (χ2n) is 6.22. The van der Waals surface area contributed by atoms with E-state index in [4.69, 9.17) is 0 Å². The average molecular weight is 256 g/mol. The summed E-state index contributed by atoms with van der Waals surface area (Å²) in [6, 6.07) is -0.525. The summed E-state index contributed by atoms with van der Waals surface area (Å²) < 4.78 is 0. The highest BCUT2D eigenvalue weighted by Crippen LogP contribution is 2.22. The molecule has 104 valence electrons. The van der Waals surface area contributed by atoms with Crippen LogP contribution in [0.1, 0.15) is 40.5 Å². The number of aliphatic carboxylic acids is 1. The van der Waals surface area contributed by atoms with Crippen molar-refractivity contribution in [3.05, 3.63) is 0 Å². The van der Waals surface area contributed by atoms with Crippen LogP contribution in [0, 0.1) is 11.3 Å². The second-order valence-corrected chi connectivity index (χ2v) is 6.22. The molecule has 3 unspecified atom stereocenters. The lowest BCUT2D eigenvalue weighted by atomic mass is 9.85. The van der Waals surface area contributed by atoms with Gasteiger partial charge in [0.05, 0.1) is 0 Å². The molecular weight excluding hydrogens is 232 g/mol. The second kappa shape index (κ2) is 5.69. The van der Waals surface area contributed by atoms with Crippen molar-refractivity contribution in [2.45, 2.75) is 52.6 Å². The van der Waals surface area contributed by atoms with Gasteiger partial charge in [0.15, 0.2) is 0 Å². The van der Waals surface area contributed by atoms with Gasteiger partial charge < -0.3 is 15.7 Å². The predicted molar refractivity (Wildman–Crippen MR) is 69.2 cm³/mol. The van der Waals surface area contributed by atoms with Crippen LogP contribution in [0.15, 0.2) is 0 Å². The first kappa shape index (κ1) is 15.0. The maximum atomic E-state index is 12.1. The van der Waals surface area contributed by atoms with Crippen LogP contribution in [0.4, 0.5) is 0 Å². The minimum atomic E-state index is -0.974. The monoisotopic (exact) mass is 256 g/mol. The number of amides is 1. The molecule has 5 heteroatoms. The minimum Gasteiger partial charge on any atom is -0.480 e. The van der Waals surface area contributed by atoms with E-state index in [1.165, 1.54) is 0 Å². The number of nitrogens with one attached hydrogen (secondary N) is 2. The lowest BCUT2D eigenvalue weighted by molar-refractivity contribution is -0.145. The Hall–Kier alpha value is -1.10. The van der Waals surface area contributed by atoms with E-state index < -0.39 is 17.4 Å². The Balaban J connectivity index is 2.64. The quantitative estimate of drug-likeness (QED) is 0.703. The third-order valence-electron chi connectivity index (χ3n) is 3.39.